The molecule has 0 aliphatic carbocycles. The van der Waals surface area contributed by atoms with Gasteiger partial charge >= 0.3 is 0 Å². The minimum atomic E-state index is 0.779. The van der Waals surface area contributed by atoms with Crippen LogP contribution in [0.3, 0.4) is 0 Å². The SMILES string of the molecule is CC=CN1CCCC1C. The highest BCUT2D eigenvalue weighted by Gasteiger charge is 2.15. The molecular formula is C8H15N. The Morgan fingerprint density at radius 3 is 2.78 bits per heavy atom. The van der Waals surface area contributed by atoms with E-state index in [0.717, 1.165) is 6.04 Å². The summed E-state index contributed by atoms with van der Waals surface area (Å²) in [6, 6.07) is 0.779. The van der Waals surface area contributed by atoms with Crippen molar-refractivity contribution in [2.75, 3.05) is 6.54 Å². The first-order valence-electron chi connectivity index (χ1n) is 3.73. The summed E-state index contributed by atoms with van der Waals surface area (Å²) in [5, 5.41) is 0. The summed E-state index contributed by atoms with van der Waals surface area (Å²) < 4.78 is 0. The van der Waals surface area contributed by atoms with Crippen molar-refractivity contribution < 1.29 is 0 Å². The largest absolute Gasteiger partial charge is 0.375 e. The molecule has 0 aromatic heterocycles. The molecule has 1 rings (SSSR count). The van der Waals surface area contributed by atoms with Crippen LogP contribution in [-0.4, -0.2) is 17.5 Å². The van der Waals surface area contributed by atoms with Crippen LogP contribution in [0.15, 0.2) is 12.3 Å². The topological polar surface area (TPSA) is 3.24 Å². The lowest BCUT2D eigenvalue weighted by molar-refractivity contribution is 0.372. The number of nitrogens with zero attached hydrogens (tertiary/aromatic N) is 1. The quantitative estimate of drug-likeness (QED) is 0.518. The highest BCUT2D eigenvalue weighted by atomic mass is 15.1. The van der Waals surface area contributed by atoms with Crippen molar-refractivity contribution in [1.29, 1.82) is 0 Å². The minimum Gasteiger partial charge on any atom is -0.375 e. The third-order valence-electron chi connectivity index (χ3n) is 1.94. The van der Waals surface area contributed by atoms with Gasteiger partial charge in [-0.1, -0.05) is 6.08 Å². The van der Waals surface area contributed by atoms with Crippen LogP contribution < -0.4 is 0 Å². The van der Waals surface area contributed by atoms with Crippen LogP contribution in [-0.2, 0) is 0 Å². The van der Waals surface area contributed by atoms with E-state index in [4.69, 9.17) is 0 Å². The maximum atomic E-state index is 2.40. The van der Waals surface area contributed by atoms with Gasteiger partial charge in [0.2, 0.25) is 0 Å². The molecule has 0 saturated carbocycles. The third kappa shape index (κ3) is 1.47. The van der Waals surface area contributed by atoms with Crippen molar-refractivity contribution in [3.8, 4) is 0 Å². The summed E-state index contributed by atoms with van der Waals surface area (Å²) >= 11 is 0. The molecule has 1 aliphatic rings. The molecule has 1 nitrogen and oxygen atoms in total. The Bertz CT molecular complexity index is 107. The van der Waals surface area contributed by atoms with Gasteiger partial charge in [-0.3, -0.25) is 0 Å². The van der Waals surface area contributed by atoms with Gasteiger partial charge < -0.3 is 4.90 Å². The number of likely N-dealkylation sites (tertiary alicyclic amines) is 1. The minimum absolute atomic E-state index is 0.779. The smallest absolute Gasteiger partial charge is 0.0256 e. The van der Waals surface area contributed by atoms with Gasteiger partial charge in [0.15, 0.2) is 0 Å². The van der Waals surface area contributed by atoms with Crippen molar-refractivity contribution in [2.24, 2.45) is 0 Å². The Morgan fingerprint density at radius 1 is 1.56 bits per heavy atom. The molecular weight excluding hydrogens is 110 g/mol. The van der Waals surface area contributed by atoms with E-state index in [1.165, 1.54) is 19.4 Å². The zero-order chi connectivity index (χ0) is 6.69. The molecule has 0 bridgehead atoms. The standard InChI is InChI=1S/C8H15N/c1-3-6-9-7-4-5-8(9)2/h3,6,8H,4-5,7H2,1-2H3. The fourth-order valence-electron chi connectivity index (χ4n) is 1.37. The Hall–Kier alpha value is -0.460. The summed E-state index contributed by atoms with van der Waals surface area (Å²) in [6.07, 6.45) is 7.04. The van der Waals surface area contributed by atoms with E-state index in [1.807, 2.05) is 0 Å². The Labute approximate surface area is 57.4 Å². The van der Waals surface area contributed by atoms with Gasteiger partial charge in [-0.25, -0.2) is 0 Å². The molecule has 1 saturated heterocycles. The lowest BCUT2D eigenvalue weighted by Gasteiger charge is -2.17. The second-order valence-electron chi connectivity index (χ2n) is 2.71. The first kappa shape index (κ1) is 6.66. The normalized spacial score (nSPS) is 28.2. The zero-order valence-corrected chi connectivity index (χ0v) is 6.30. The highest BCUT2D eigenvalue weighted by Crippen LogP contribution is 2.15. The molecule has 1 unspecified atom stereocenters. The third-order valence-corrected chi connectivity index (χ3v) is 1.94. The summed E-state index contributed by atoms with van der Waals surface area (Å²) in [4.78, 5) is 2.40. The molecule has 0 radical (unpaired) electrons. The molecule has 0 N–H and O–H groups in total. The van der Waals surface area contributed by atoms with E-state index in [-0.39, 0.29) is 0 Å². The van der Waals surface area contributed by atoms with Gasteiger partial charge in [-0.05, 0) is 32.9 Å². The highest BCUT2D eigenvalue weighted by molar-refractivity contribution is 4.86. The van der Waals surface area contributed by atoms with Crippen LogP contribution in [0.25, 0.3) is 0 Å². The Balaban J connectivity index is 2.39. The summed E-state index contributed by atoms with van der Waals surface area (Å²) in [7, 11) is 0. The number of allylic oxidation sites excluding steroid dienone is 1. The molecule has 52 valence electrons. The maximum absolute atomic E-state index is 2.40. The van der Waals surface area contributed by atoms with Crippen molar-refractivity contribution in [2.45, 2.75) is 32.7 Å². The molecule has 1 heteroatoms. The molecule has 1 atom stereocenters. The first-order valence-corrected chi connectivity index (χ1v) is 3.73. The summed E-state index contributed by atoms with van der Waals surface area (Å²) in [5.74, 6) is 0. The zero-order valence-electron chi connectivity index (χ0n) is 6.30. The maximum Gasteiger partial charge on any atom is 0.0256 e. The number of hydrogen-bond acceptors (Lipinski definition) is 1. The van der Waals surface area contributed by atoms with Crippen LogP contribution in [0.4, 0.5) is 0 Å². The van der Waals surface area contributed by atoms with Gasteiger partial charge in [0, 0.05) is 12.6 Å². The molecule has 0 aromatic carbocycles. The van der Waals surface area contributed by atoms with Crippen LogP contribution in [0, 0.1) is 0 Å². The van der Waals surface area contributed by atoms with Crippen molar-refractivity contribution in [3.63, 3.8) is 0 Å². The van der Waals surface area contributed by atoms with Crippen LogP contribution in [0.5, 0.6) is 0 Å². The fraction of sp³-hybridized carbons (Fsp3) is 0.750. The average molecular weight is 125 g/mol. The molecule has 0 spiro atoms. The van der Waals surface area contributed by atoms with Crippen molar-refractivity contribution >= 4 is 0 Å². The molecule has 1 heterocycles. The molecule has 1 fully saturated rings. The van der Waals surface area contributed by atoms with E-state index in [2.05, 4.69) is 31.0 Å². The van der Waals surface area contributed by atoms with Gasteiger partial charge in [0.25, 0.3) is 0 Å². The molecule has 0 amide bonds. The van der Waals surface area contributed by atoms with Crippen LogP contribution >= 0.6 is 0 Å². The lowest BCUT2D eigenvalue weighted by Crippen LogP contribution is -2.19. The Morgan fingerprint density at radius 2 is 2.33 bits per heavy atom. The first-order chi connectivity index (χ1) is 4.34. The molecule has 1 aliphatic heterocycles. The van der Waals surface area contributed by atoms with Gasteiger partial charge in [-0.2, -0.15) is 0 Å². The number of hydrogen-bond donors (Lipinski definition) is 0. The lowest BCUT2D eigenvalue weighted by atomic mass is 10.2. The van der Waals surface area contributed by atoms with Crippen LogP contribution in [0.1, 0.15) is 26.7 Å². The van der Waals surface area contributed by atoms with Crippen molar-refractivity contribution in [1.82, 2.24) is 4.90 Å². The van der Waals surface area contributed by atoms with Gasteiger partial charge in [0.05, 0.1) is 0 Å². The second-order valence-corrected chi connectivity index (χ2v) is 2.71. The average Bonchev–Trinajstić information content (AvgIpc) is 2.18. The van der Waals surface area contributed by atoms with E-state index in [0.29, 0.717) is 0 Å². The fourth-order valence-corrected chi connectivity index (χ4v) is 1.37. The van der Waals surface area contributed by atoms with Gasteiger partial charge in [-0.15, -0.1) is 0 Å². The van der Waals surface area contributed by atoms with E-state index in [1.54, 1.807) is 0 Å². The predicted octanol–water partition coefficient (Wildman–Crippen LogP) is 2.00. The van der Waals surface area contributed by atoms with E-state index >= 15 is 0 Å². The van der Waals surface area contributed by atoms with E-state index in [9.17, 15) is 0 Å². The van der Waals surface area contributed by atoms with Crippen molar-refractivity contribution in [3.05, 3.63) is 12.3 Å². The second kappa shape index (κ2) is 2.90. The Kier molecular flexibility index (Phi) is 2.15. The summed E-state index contributed by atoms with van der Waals surface area (Å²) in [5.41, 5.74) is 0. The monoisotopic (exact) mass is 125 g/mol. The van der Waals surface area contributed by atoms with E-state index < -0.39 is 0 Å². The summed E-state index contributed by atoms with van der Waals surface area (Å²) in [6.45, 7) is 5.61. The number of rotatable bonds is 1. The molecule has 9 heavy (non-hydrogen) atoms. The van der Waals surface area contributed by atoms with Crippen LogP contribution in [0.2, 0.25) is 0 Å². The molecule has 0 aromatic rings. The van der Waals surface area contributed by atoms with Gasteiger partial charge in [0.1, 0.15) is 0 Å². The predicted molar refractivity (Wildman–Crippen MR) is 40.2 cm³/mol.